The second-order valence-corrected chi connectivity index (χ2v) is 7.48. The summed E-state index contributed by atoms with van der Waals surface area (Å²) in [6, 6.07) is 2.09. The minimum atomic E-state index is 0.123. The molecule has 1 heterocycles. The number of anilines is 1. The first-order valence-electron chi connectivity index (χ1n) is 8.24. The molecule has 2 bridgehead atoms. The van der Waals surface area contributed by atoms with Gasteiger partial charge in [-0.1, -0.05) is 20.8 Å². The molecule has 22 heavy (non-hydrogen) atoms. The molecule has 0 aromatic carbocycles. The predicted octanol–water partition coefficient (Wildman–Crippen LogP) is 2.61. The molecule has 1 aromatic heterocycles. The molecule has 5 heteroatoms. The highest BCUT2D eigenvalue weighted by molar-refractivity contribution is 5.77. The zero-order valence-corrected chi connectivity index (χ0v) is 13.7. The molecule has 1 amide bonds. The number of carbonyl (C=O) groups excluding carboxylic acids is 1. The minimum absolute atomic E-state index is 0.123. The third-order valence-electron chi connectivity index (χ3n) is 6.33. The molecule has 0 radical (unpaired) electrons. The van der Waals surface area contributed by atoms with E-state index in [0.29, 0.717) is 30.4 Å². The van der Waals surface area contributed by atoms with E-state index in [-0.39, 0.29) is 11.3 Å². The van der Waals surface area contributed by atoms with Crippen LogP contribution in [-0.2, 0) is 4.79 Å². The van der Waals surface area contributed by atoms with E-state index in [1.165, 1.54) is 12.8 Å². The van der Waals surface area contributed by atoms with Crippen LogP contribution in [0.2, 0.25) is 0 Å². The summed E-state index contributed by atoms with van der Waals surface area (Å²) in [7, 11) is 0. The minimum Gasteiger partial charge on any atom is -0.354 e. The molecule has 2 saturated carbocycles. The zero-order valence-electron chi connectivity index (χ0n) is 13.7. The molecule has 0 unspecified atom stereocenters. The van der Waals surface area contributed by atoms with Gasteiger partial charge in [0.05, 0.1) is 0 Å². The van der Waals surface area contributed by atoms with Gasteiger partial charge in [-0.15, -0.1) is 0 Å². The average molecular weight is 302 g/mol. The van der Waals surface area contributed by atoms with Crippen LogP contribution in [0, 0.1) is 16.7 Å². The Balaban J connectivity index is 1.49. The molecule has 0 saturated heterocycles. The fraction of sp³-hybridized carbons (Fsp3) is 0.706. The van der Waals surface area contributed by atoms with Gasteiger partial charge in [-0.25, -0.2) is 9.97 Å². The van der Waals surface area contributed by atoms with Crippen LogP contribution in [0.1, 0.15) is 46.5 Å². The lowest BCUT2D eigenvalue weighted by atomic mass is 9.69. The van der Waals surface area contributed by atoms with Gasteiger partial charge in [0.25, 0.3) is 0 Å². The van der Waals surface area contributed by atoms with Crippen molar-refractivity contribution in [3.8, 4) is 0 Å². The Bertz CT molecular complexity index is 545. The van der Waals surface area contributed by atoms with Crippen molar-refractivity contribution in [3.63, 3.8) is 0 Å². The van der Waals surface area contributed by atoms with Crippen LogP contribution in [0.4, 0.5) is 5.95 Å². The van der Waals surface area contributed by atoms with Crippen LogP contribution in [0.25, 0.3) is 0 Å². The Morgan fingerprint density at radius 3 is 2.64 bits per heavy atom. The summed E-state index contributed by atoms with van der Waals surface area (Å²) >= 11 is 0. The third kappa shape index (κ3) is 2.46. The highest BCUT2D eigenvalue weighted by Gasteiger charge is 2.61. The van der Waals surface area contributed by atoms with Crippen molar-refractivity contribution in [1.82, 2.24) is 15.3 Å². The van der Waals surface area contributed by atoms with E-state index in [1.807, 2.05) is 0 Å². The number of hydrogen-bond acceptors (Lipinski definition) is 4. The quantitative estimate of drug-likeness (QED) is 0.877. The summed E-state index contributed by atoms with van der Waals surface area (Å²) in [5, 5.41) is 6.35. The second-order valence-electron chi connectivity index (χ2n) is 7.48. The molecule has 5 nitrogen and oxygen atoms in total. The molecule has 3 atom stereocenters. The monoisotopic (exact) mass is 302 g/mol. The summed E-state index contributed by atoms with van der Waals surface area (Å²) in [5.41, 5.74) is 0.574. The van der Waals surface area contributed by atoms with Gasteiger partial charge < -0.3 is 10.6 Å². The molecule has 0 aliphatic heterocycles. The number of aromatic nitrogens is 2. The molecule has 1 aromatic rings. The smallest absolute Gasteiger partial charge is 0.222 e. The fourth-order valence-electron chi connectivity index (χ4n) is 4.37. The van der Waals surface area contributed by atoms with Crippen molar-refractivity contribution < 1.29 is 4.79 Å². The first kappa shape index (κ1) is 15.3. The number of nitrogens with one attached hydrogen (secondary N) is 2. The van der Waals surface area contributed by atoms with E-state index in [9.17, 15) is 4.79 Å². The summed E-state index contributed by atoms with van der Waals surface area (Å²) < 4.78 is 0. The molecular weight excluding hydrogens is 276 g/mol. The van der Waals surface area contributed by atoms with E-state index in [2.05, 4.69) is 41.4 Å². The number of nitrogens with zero attached hydrogens (tertiary/aromatic N) is 2. The lowest BCUT2D eigenvalue weighted by molar-refractivity contribution is -0.122. The van der Waals surface area contributed by atoms with Gasteiger partial charge in [-0.2, -0.15) is 0 Å². The lowest BCUT2D eigenvalue weighted by Crippen LogP contribution is -2.47. The Morgan fingerprint density at radius 1 is 1.32 bits per heavy atom. The van der Waals surface area contributed by atoms with Crippen LogP contribution in [0.5, 0.6) is 0 Å². The molecule has 120 valence electrons. The first-order chi connectivity index (χ1) is 10.4. The largest absolute Gasteiger partial charge is 0.354 e. The van der Waals surface area contributed by atoms with Gasteiger partial charge in [-0.3, -0.25) is 4.79 Å². The van der Waals surface area contributed by atoms with E-state index in [1.54, 1.807) is 18.5 Å². The van der Waals surface area contributed by atoms with Gasteiger partial charge in [0.15, 0.2) is 0 Å². The van der Waals surface area contributed by atoms with Crippen molar-refractivity contribution in [2.45, 2.75) is 52.5 Å². The van der Waals surface area contributed by atoms with E-state index < -0.39 is 0 Å². The summed E-state index contributed by atoms with van der Waals surface area (Å²) in [6.07, 6.45) is 7.50. The topological polar surface area (TPSA) is 66.9 Å². The van der Waals surface area contributed by atoms with Crippen LogP contribution in [0.3, 0.4) is 0 Å². The normalized spacial score (nSPS) is 32.0. The average Bonchev–Trinajstić information content (AvgIpc) is 2.82. The molecular formula is C17H26N4O. The van der Waals surface area contributed by atoms with E-state index in [0.717, 1.165) is 12.3 Å². The SMILES string of the molecule is CC1(C)[C@H]2CC[C@@]1(C)[C@@H](NC(=O)CCNc1ncccn1)C2. The Labute approximate surface area is 132 Å². The Hall–Kier alpha value is -1.65. The first-order valence-corrected chi connectivity index (χ1v) is 8.24. The van der Waals surface area contributed by atoms with Gasteiger partial charge >= 0.3 is 0 Å². The maximum absolute atomic E-state index is 12.2. The lowest BCUT2D eigenvalue weighted by Gasteiger charge is -2.39. The number of rotatable bonds is 5. The summed E-state index contributed by atoms with van der Waals surface area (Å²) in [4.78, 5) is 20.4. The van der Waals surface area contributed by atoms with Crippen LogP contribution in [-0.4, -0.2) is 28.5 Å². The second kappa shape index (κ2) is 5.52. The van der Waals surface area contributed by atoms with Crippen molar-refractivity contribution in [3.05, 3.63) is 18.5 Å². The van der Waals surface area contributed by atoms with Crippen LogP contribution >= 0.6 is 0 Å². The summed E-state index contributed by atoms with van der Waals surface area (Å²) in [6.45, 7) is 7.64. The maximum Gasteiger partial charge on any atom is 0.222 e. The molecule has 0 spiro atoms. The van der Waals surface area contributed by atoms with Gasteiger partial charge in [0.2, 0.25) is 11.9 Å². The van der Waals surface area contributed by atoms with E-state index in [4.69, 9.17) is 0 Å². The van der Waals surface area contributed by atoms with Crippen molar-refractivity contribution in [1.29, 1.82) is 0 Å². The van der Waals surface area contributed by atoms with Crippen molar-refractivity contribution >= 4 is 11.9 Å². The third-order valence-corrected chi connectivity index (χ3v) is 6.33. The highest BCUT2D eigenvalue weighted by Crippen LogP contribution is 2.65. The van der Waals surface area contributed by atoms with Gasteiger partial charge in [-0.05, 0) is 42.1 Å². The van der Waals surface area contributed by atoms with E-state index >= 15 is 0 Å². The fourth-order valence-corrected chi connectivity index (χ4v) is 4.37. The van der Waals surface area contributed by atoms with Crippen LogP contribution in [0.15, 0.2) is 18.5 Å². The molecule has 3 rings (SSSR count). The molecule has 2 fully saturated rings. The number of carbonyl (C=O) groups is 1. The number of fused-ring (bicyclic) bond motifs is 2. The number of amides is 1. The standard InChI is InChI=1S/C17H26N4O/c1-16(2)12-5-7-17(16,3)13(11-12)21-14(22)6-10-20-15-18-8-4-9-19-15/h4,8-9,12-13H,5-7,10-11H2,1-3H3,(H,21,22)(H,18,19,20)/t12-,13-,17-/m0/s1. The predicted molar refractivity (Wildman–Crippen MR) is 86.3 cm³/mol. The van der Waals surface area contributed by atoms with Gasteiger partial charge in [0, 0.05) is 31.4 Å². The highest BCUT2D eigenvalue weighted by atomic mass is 16.1. The molecule has 2 aliphatic rings. The summed E-state index contributed by atoms with van der Waals surface area (Å²) in [5.74, 6) is 1.44. The molecule has 2 N–H and O–H groups in total. The van der Waals surface area contributed by atoms with Gasteiger partial charge in [0.1, 0.15) is 0 Å². The maximum atomic E-state index is 12.2. The van der Waals surface area contributed by atoms with Crippen LogP contribution < -0.4 is 10.6 Å². The van der Waals surface area contributed by atoms with Crippen molar-refractivity contribution in [2.24, 2.45) is 16.7 Å². The molecule has 2 aliphatic carbocycles. The van der Waals surface area contributed by atoms with Crippen molar-refractivity contribution in [2.75, 3.05) is 11.9 Å². The Kier molecular flexibility index (Phi) is 3.83. The number of hydrogen-bond donors (Lipinski definition) is 2. The Morgan fingerprint density at radius 2 is 2.05 bits per heavy atom. The zero-order chi connectivity index (χ0) is 15.8.